The summed E-state index contributed by atoms with van der Waals surface area (Å²) in [5, 5.41) is 4.97. The van der Waals surface area contributed by atoms with Crippen molar-refractivity contribution in [2.45, 2.75) is 51.7 Å². The number of hydrogen-bond acceptors (Lipinski definition) is 5. The number of carbonyl (C=O) groups is 3. The van der Waals surface area contributed by atoms with E-state index >= 15 is 0 Å². The largest absolute Gasteiger partial charge is 0.444 e. The number of hydrogen-bond donors (Lipinski definition) is 4. The van der Waals surface area contributed by atoms with Gasteiger partial charge in [-0.3, -0.25) is 9.59 Å². The quantitative estimate of drug-likeness (QED) is 0.453. The molecule has 0 aliphatic heterocycles. The molecule has 3 amide bonds. The number of alkyl carbamates (subject to hydrolysis) is 1. The van der Waals surface area contributed by atoms with E-state index in [-0.39, 0.29) is 6.42 Å². The third-order valence-electron chi connectivity index (χ3n) is 2.34. The Hall–Kier alpha value is -1.83. The molecule has 0 rings (SSSR count). The Balaban J connectivity index is 4.46. The molecule has 21 heavy (non-hydrogen) atoms. The van der Waals surface area contributed by atoms with Gasteiger partial charge in [-0.2, -0.15) is 0 Å². The van der Waals surface area contributed by atoms with Crippen molar-refractivity contribution in [1.29, 1.82) is 0 Å². The topological polar surface area (TPSA) is 137 Å². The molecule has 0 aromatic carbocycles. The van der Waals surface area contributed by atoms with Crippen molar-refractivity contribution < 1.29 is 19.1 Å². The second-order valence-electron chi connectivity index (χ2n) is 5.66. The molecule has 0 aromatic heterocycles. The molecule has 0 aliphatic carbocycles. The molecule has 122 valence electrons. The van der Waals surface area contributed by atoms with Crippen molar-refractivity contribution in [1.82, 2.24) is 10.6 Å². The van der Waals surface area contributed by atoms with Gasteiger partial charge in [0.2, 0.25) is 11.8 Å². The Morgan fingerprint density at radius 3 is 2.29 bits per heavy atom. The van der Waals surface area contributed by atoms with Crippen LogP contribution < -0.4 is 22.1 Å². The maximum atomic E-state index is 11.9. The van der Waals surface area contributed by atoms with Gasteiger partial charge in [0.1, 0.15) is 11.6 Å². The number of nitrogens with one attached hydrogen (secondary N) is 2. The van der Waals surface area contributed by atoms with Crippen LogP contribution in [0.25, 0.3) is 0 Å². The second-order valence-corrected chi connectivity index (χ2v) is 5.66. The van der Waals surface area contributed by atoms with Crippen LogP contribution in [0.2, 0.25) is 0 Å². The lowest BCUT2D eigenvalue weighted by atomic mass is 10.1. The fraction of sp³-hybridized carbons (Fsp3) is 0.769. The Morgan fingerprint density at radius 2 is 1.81 bits per heavy atom. The van der Waals surface area contributed by atoms with Crippen LogP contribution in [-0.4, -0.2) is 42.6 Å². The molecule has 0 saturated heterocycles. The van der Waals surface area contributed by atoms with Gasteiger partial charge in [0.25, 0.3) is 0 Å². The van der Waals surface area contributed by atoms with Crippen molar-refractivity contribution in [3.8, 4) is 0 Å². The van der Waals surface area contributed by atoms with Crippen LogP contribution in [0, 0.1) is 0 Å². The Labute approximate surface area is 124 Å². The predicted molar refractivity (Wildman–Crippen MR) is 78.3 cm³/mol. The Kier molecular flexibility index (Phi) is 8.37. The van der Waals surface area contributed by atoms with Crippen molar-refractivity contribution in [3.63, 3.8) is 0 Å². The van der Waals surface area contributed by atoms with Crippen molar-refractivity contribution in [2.24, 2.45) is 11.5 Å². The maximum absolute atomic E-state index is 11.9. The second kappa shape index (κ2) is 9.17. The van der Waals surface area contributed by atoms with Crippen molar-refractivity contribution in [2.75, 3.05) is 13.1 Å². The number of carbonyl (C=O) groups excluding carboxylic acids is 3. The number of amides is 3. The summed E-state index contributed by atoms with van der Waals surface area (Å²) in [5.41, 5.74) is 9.74. The number of primary amides is 1. The maximum Gasteiger partial charge on any atom is 0.408 e. The molecule has 8 nitrogen and oxygen atoms in total. The minimum Gasteiger partial charge on any atom is -0.444 e. The molecule has 1 atom stereocenters. The van der Waals surface area contributed by atoms with E-state index in [0.717, 1.165) is 12.8 Å². The van der Waals surface area contributed by atoms with Gasteiger partial charge in [-0.25, -0.2) is 4.79 Å². The first-order valence-electron chi connectivity index (χ1n) is 6.91. The summed E-state index contributed by atoms with van der Waals surface area (Å²) in [5.74, 6) is -1.16. The number of unbranched alkanes of at least 4 members (excludes halogenated alkanes) is 1. The molecule has 0 spiro atoms. The molecule has 0 heterocycles. The molecular formula is C13H26N4O4. The van der Waals surface area contributed by atoms with Gasteiger partial charge in [-0.15, -0.1) is 0 Å². The van der Waals surface area contributed by atoms with Crippen LogP contribution >= 0.6 is 0 Å². The zero-order valence-electron chi connectivity index (χ0n) is 12.9. The monoisotopic (exact) mass is 302 g/mol. The van der Waals surface area contributed by atoms with E-state index in [1.54, 1.807) is 20.8 Å². The number of rotatable bonds is 8. The lowest BCUT2D eigenvalue weighted by molar-refractivity contribution is -0.127. The van der Waals surface area contributed by atoms with Gasteiger partial charge in [-0.05, 0) is 40.2 Å². The normalized spacial score (nSPS) is 12.4. The Morgan fingerprint density at radius 1 is 1.19 bits per heavy atom. The molecule has 0 aromatic rings. The molecule has 8 heteroatoms. The fourth-order valence-corrected chi connectivity index (χ4v) is 1.46. The minimum absolute atomic E-state index is 0.290. The average Bonchev–Trinajstić information content (AvgIpc) is 2.30. The highest BCUT2D eigenvalue weighted by atomic mass is 16.6. The van der Waals surface area contributed by atoms with Crippen LogP contribution in [0.1, 0.15) is 40.0 Å². The summed E-state index contributed by atoms with van der Waals surface area (Å²) >= 11 is 0. The molecule has 0 bridgehead atoms. The fourth-order valence-electron chi connectivity index (χ4n) is 1.46. The molecule has 0 radical (unpaired) electrons. The first kappa shape index (κ1) is 19.2. The third-order valence-corrected chi connectivity index (χ3v) is 2.34. The van der Waals surface area contributed by atoms with Crippen LogP contribution in [-0.2, 0) is 14.3 Å². The number of nitrogens with two attached hydrogens (primary N) is 2. The van der Waals surface area contributed by atoms with Gasteiger partial charge in [0, 0.05) is 6.54 Å². The summed E-state index contributed by atoms with van der Waals surface area (Å²) in [7, 11) is 0. The van der Waals surface area contributed by atoms with Crippen LogP contribution in [0.5, 0.6) is 0 Å². The molecule has 0 fully saturated rings. The van der Waals surface area contributed by atoms with E-state index in [1.807, 2.05) is 0 Å². The van der Waals surface area contributed by atoms with Crippen LogP contribution in [0.4, 0.5) is 4.79 Å². The molecule has 0 aliphatic rings. The van der Waals surface area contributed by atoms with Crippen LogP contribution in [0.3, 0.4) is 0 Å². The standard InChI is InChI=1S/C13H26N4O4/c1-13(2,3)21-12(20)17-9(8-10(15)18)11(19)16-7-5-4-6-14/h9H,4-8,14H2,1-3H3,(H2,15,18)(H,16,19)(H,17,20)/t9-/m0/s1. The highest BCUT2D eigenvalue weighted by molar-refractivity contribution is 5.90. The molecule has 0 saturated carbocycles. The van der Waals surface area contributed by atoms with Gasteiger partial charge >= 0.3 is 6.09 Å². The molecular weight excluding hydrogens is 276 g/mol. The Bertz CT molecular complexity index is 366. The van der Waals surface area contributed by atoms with E-state index in [4.69, 9.17) is 16.2 Å². The average molecular weight is 302 g/mol. The highest BCUT2D eigenvalue weighted by Crippen LogP contribution is 2.07. The van der Waals surface area contributed by atoms with Crippen molar-refractivity contribution >= 4 is 17.9 Å². The zero-order valence-corrected chi connectivity index (χ0v) is 12.9. The smallest absolute Gasteiger partial charge is 0.408 e. The van der Waals surface area contributed by atoms with E-state index in [0.29, 0.717) is 13.1 Å². The van der Waals surface area contributed by atoms with E-state index < -0.39 is 29.6 Å². The summed E-state index contributed by atoms with van der Waals surface area (Å²) < 4.78 is 5.04. The number of ether oxygens (including phenoxy) is 1. The van der Waals surface area contributed by atoms with Crippen molar-refractivity contribution in [3.05, 3.63) is 0 Å². The van der Waals surface area contributed by atoms with E-state index in [1.165, 1.54) is 0 Å². The summed E-state index contributed by atoms with van der Waals surface area (Å²) in [6.45, 7) is 6.05. The lowest BCUT2D eigenvalue weighted by Crippen LogP contribution is -2.50. The van der Waals surface area contributed by atoms with Gasteiger partial charge < -0.3 is 26.8 Å². The van der Waals surface area contributed by atoms with E-state index in [9.17, 15) is 14.4 Å². The van der Waals surface area contributed by atoms with Gasteiger partial charge in [0.05, 0.1) is 6.42 Å². The third kappa shape index (κ3) is 10.6. The summed E-state index contributed by atoms with van der Waals surface area (Å²) in [4.78, 5) is 34.6. The SMILES string of the molecule is CC(C)(C)OC(=O)N[C@@H](CC(N)=O)C(=O)NCCCCN. The summed E-state index contributed by atoms with van der Waals surface area (Å²) in [6.07, 6.45) is 0.436. The lowest BCUT2D eigenvalue weighted by Gasteiger charge is -2.22. The predicted octanol–water partition coefficient (Wildman–Crippen LogP) is -0.390. The zero-order chi connectivity index (χ0) is 16.5. The minimum atomic E-state index is -1.05. The first-order chi connectivity index (χ1) is 9.65. The van der Waals surface area contributed by atoms with Gasteiger partial charge in [0.15, 0.2) is 0 Å². The molecule has 0 unspecified atom stereocenters. The van der Waals surface area contributed by atoms with Gasteiger partial charge in [-0.1, -0.05) is 0 Å². The van der Waals surface area contributed by atoms with E-state index in [2.05, 4.69) is 10.6 Å². The van der Waals surface area contributed by atoms with Crippen LogP contribution in [0.15, 0.2) is 0 Å². The molecule has 6 N–H and O–H groups in total. The first-order valence-corrected chi connectivity index (χ1v) is 6.91. The highest BCUT2D eigenvalue weighted by Gasteiger charge is 2.25. The summed E-state index contributed by atoms with van der Waals surface area (Å²) in [6, 6.07) is -1.05.